The van der Waals surface area contributed by atoms with Crippen molar-refractivity contribution in [1.29, 1.82) is 5.26 Å². The molecule has 1 aromatic heterocycles. The largest absolute Gasteiger partial charge is 0.369 e. The summed E-state index contributed by atoms with van der Waals surface area (Å²) in [5.41, 5.74) is 5.69. The highest BCUT2D eigenvalue weighted by molar-refractivity contribution is 8.00. The molecule has 1 radical (unpaired) electrons. The minimum atomic E-state index is -0.461. The molecule has 1 amide bonds. The van der Waals surface area contributed by atoms with Crippen LogP contribution >= 0.6 is 11.8 Å². The first kappa shape index (κ1) is 13.4. The first-order valence-electron chi connectivity index (χ1n) is 6.73. The predicted octanol–water partition coefficient (Wildman–Crippen LogP) is 0.840. The molecule has 20 heavy (non-hydrogen) atoms. The van der Waals surface area contributed by atoms with Gasteiger partial charge in [-0.3, -0.25) is 4.79 Å². The average Bonchev–Trinajstić information content (AvgIpc) is 3.12. The van der Waals surface area contributed by atoms with Crippen LogP contribution in [0.1, 0.15) is 31.4 Å². The highest BCUT2D eigenvalue weighted by Crippen LogP contribution is 2.42. The SMILES string of the molecule is N#CC1(n2cc([CH]C3CCS[C@H](C(N)=O)C3)nn2)CC1. The zero-order valence-electron chi connectivity index (χ0n) is 11.0. The number of thioether (sulfide) groups is 1. The summed E-state index contributed by atoms with van der Waals surface area (Å²) in [5, 5.41) is 17.2. The Labute approximate surface area is 121 Å². The Morgan fingerprint density at radius 1 is 1.65 bits per heavy atom. The lowest BCUT2D eigenvalue weighted by molar-refractivity contribution is -0.117. The second-order valence-electron chi connectivity index (χ2n) is 5.44. The van der Waals surface area contributed by atoms with Gasteiger partial charge < -0.3 is 5.73 Å². The highest BCUT2D eigenvalue weighted by atomic mass is 32.2. The number of carbonyl (C=O) groups is 1. The number of carbonyl (C=O) groups excluding carboxylic acids is 1. The predicted molar refractivity (Wildman–Crippen MR) is 74.4 cm³/mol. The van der Waals surface area contributed by atoms with E-state index in [-0.39, 0.29) is 11.2 Å². The van der Waals surface area contributed by atoms with E-state index >= 15 is 0 Å². The molecule has 1 saturated carbocycles. The topological polar surface area (TPSA) is 97.6 Å². The number of aromatic nitrogens is 3. The fourth-order valence-corrected chi connectivity index (χ4v) is 3.76. The lowest BCUT2D eigenvalue weighted by atomic mass is 9.94. The smallest absolute Gasteiger partial charge is 0.230 e. The molecular weight excluding hydrogens is 274 g/mol. The van der Waals surface area contributed by atoms with E-state index in [1.807, 2.05) is 12.6 Å². The van der Waals surface area contributed by atoms with Crippen molar-refractivity contribution >= 4 is 17.7 Å². The maximum Gasteiger partial charge on any atom is 0.230 e. The molecule has 0 bridgehead atoms. The van der Waals surface area contributed by atoms with Crippen molar-refractivity contribution in [3.05, 3.63) is 18.3 Å². The molecule has 0 aromatic carbocycles. The van der Waals surface area contributed by atoms with Crippen LogP contribution in [0.3, 0.4) is 0 Å². The zero-order chi connectivity index (χ0) is 14.2. The van der Waals surface area contributed by atoms with Gasteiger partial charge in [-0.15, -0.1) is 16.9 Å². The molecule has 0 spiro atoms. The van der Waals surface area contributed by atoms with Crippen LogP contribution in [-0.2, 0) is 10.3 Å². The number of nitriles is 1. The number of nitrogens with two attached hydrogens (primary N) is 1. The summed E-state index contributed by atoms with van der Waals surface area (Å²) in [5.74, 6) is 1.000. The summed E-state index contributed by atoms with van der Waals surface area (Å²) >= 11 is 1.63. The Morgan fingerprint density at radius 3 is 3.10 bits per heavy atom. The third-order valence-electron chi connectivity index (χ3n) is 3.93. The Hall–Kier alpha value is -1.55. The van der Waals surface area contributed by atoms with Crippen LogP contribution in [0.15, 0.2) is 6.20 Å². The standard InChI is InChI=1S/C13H16N5OS/c14-8-13(2-3-13)18-7-10(16-17-18)5-9-1-4-20-11(6-9)12(15)19/h5,7,9,11H,1-4,6H2,(H2,15,19)/t9?,11-/m0/s1. The third-order valence-corrected chi connectivity index (χ3v) is 5.23. The van der Waals surface area contributed by atoms with Gasteiger partial charge in [0.25, 0.3) is 0 Å². The van der Waals surface area contributed by atoms with Gasteiger partial charge in [0, 0.05) is 6.42 Å². The van der Waals surface area contributed by atoms with Gasteiger partial charge in [0.2, 0.25) is 5.91 Å². The molecule has 2 heterocycles. The van der Waals surface area contributed by atoms with Gasteiger partial charge in [0.1, 0.15) is 0 Å². The lowest BCUT2D eigenvalue weighted by Crippen LogP contribution is -2.31. The summed E-state index contributed by atoms with van der Waals surface area (Å²) in [6.45, 7) is 0. The second kappa shape index (κ2) is 5.09. The van der Waals surface area contributed by atoms with Crippen LogP contribution in [0.5, 0.6) is 0 Å². The number of hydrogen-bond donors (Lipinski definition) is 1. The summed E-state index contributed by atoms with van der Waals surface area (Å²) < 4.78 is 1.67. The molecule has 2 atom stereocenters. The third kappa shape index (κ3) is 2.52. The van der Waals surface area contributed by atoms with Crippen LogP contribution < -0.4 is 5.73 Å². The summed E-state index contributed by atoms with van der Waals surface area (Å²) in [6.07, 6.45) is 7.34. The Morgan fingerprint density at radius 2 is 2.45 bits per heavy atom. The number of nitrogens with zero attached hydrogens (tertiary/aromatic N) is 4. The molecule has 1 saturated heterocycles. The van der Waals surface area contributed by atoms with Gasteiger partial charge in [-0.1, -0.05) is 5.21 Å². The van der Waals surface area contributed by atoms with Crippen molar-refractivity contribution in [3.63, 3.8) is 0 Å². The quantitative estimate of drug-likeness (QED) is 0.886. The summed E-state index contributed by atoms with van der Waals surface area (Å²) in [4.78, 5) is 11.3. The van der Waals surface area contributed by atoms with Crippen molar-refractivity contribution < 1.29 is 4.79 Å². The first-order chi connectivity index (χ1) is 9.63. The fourth-order valence-electron chi connectivity index (χ4n) is 2.49. The molecule has 7 heteroatoms. The van der Waals surface area contributed by atoms with Crippen LogP contribution in [0.4, 0.5) is 0 Å². The van der Waals surface area contributed by atoms with E-state index in [0.717, 1.165) is 37.1 Å². The number of primary amides is 1. The van der Waals surface area contributed by atoms with E-state index in [9.17, 15) is 4.79 Å². The number of hydrogen-bond acceptors (Lipinski definition) is 5. The van der Waals surface area contributed by atoms with Crippen LogP contribution in [0.25, 0.3) is 0 Å². The van der Waals surface area contributed by atoms with Gasteiger partial charge in [0.15, 0.2) is 5.54 Å². The van der Waals surface area contributed by atoms with Crippen LogP contribution in [0, 0.1) is 23.7 Å². The van der Waals surface area contributed by atoms with Gasteiger partial charge in [0.05, 0.1) is 23.2 Å². The van der Waals surface area contributed by atoms with E-state index in [4.69, 9.17) is 11.0 Å². The van der Waals surface area contributed by atoms with Crippen LogP contribution in [0.2, 0.25) is 0 Å². The lowest BCUT2D eigenvalue weighted by Gasteiger charge is -2.25. The minimum absolute atomic E-state index is 0.103. The second-order valence-corrected chi connectivity index (χ2v) is 6.75. The minimum Gasteiger partial charge on any atom is -0.369 e. The van der Waals surface area contributed by atoms with E-state index < -0.39 is 5.54 Å². The van der Waals surface area contributed by atoms with E-state index in [0.29, 0.717) is 5.92 Å². The van der Waals surface area contributed by atoms with Gasteiger partial charge in [-0.05, 0) is 37.4 Å². The number of rotatable bonds is 4. The summed E-state index contributed by atoms with van der Waals surface area (Å²) in [6, 6.07) is 2.29. The molecule has 3 rings (SSSR count). The average molecular weight is 290 g/mol. The van der Waals surface area contributed by atoms with E-state index in [1.54, 1.807) is 16.4 Å². The van der Waals surface area contributed by atoms with Crippen molar-refractivity contribution in [2.75, 3.05) is 5.75 Å². The Bertz CT molecular complexity index is 559. The van der Waals surface area contributed by atoms with E-state index in [1.165, 1.54) is 0 Å². The molecule has 1 aliphatic heterocycles. The van der Waals surface area contributed by atoms with E-state index in [2.05, 4.69) is 16.4 Å². The van der Waals surface area contributed by atoms with Crippen LogP contribution in [-0.4, -0.2) is 31.9 Å². The Kier molecular flexibility index (Phi) is 3.42. The maximum absolute atomic E-state index is 11.3. The maximum atomic E-state index is 11.3. The van der Waals surface area contributed by atoms with Crippen molar-refractivity contribution in [3.8, 4) is 6.07 Å². The zero-order valence-corrected chi connectivity index (χ0v) is 11.8. The number of amides is 1. The van der Waals surface area contributed by atoms with Crippen molar-refractivity contribution in [2.45, 2.75) is 36.5 Å². The van der Waals surface area contributed by atoms with Gasteiger partial charge >= 0.3 is 0 Å². The summed E-state index contributed by atoms with van der Waals surface area (Å²) in [7, 11) is 0. The molecule has 2 aliphatic rings. The fraction of sp³-hybridized carbons (Fsp3) is 0.615. The molecule has 1 unspecified atom stereocenters. The molecule has 6 nitrogen and oxygen atoms in total. The molecule has 105 valence electrons. The normalized spacial score (nSPS) is 27.8. The van der Waals surface area contributed by atoms with Gasteiger partial charge in [-0.2, -0.15) is 5.26 Å². The first-order valence-corrected chi connectivity index (χ1v) is 7.78. The van der Waals surface area contributed by atoms with Crippen molar-refractivity contribution in [2.24, 2.45) is 11.7 Å². The highest BCUT2D eigenvalue weighted by Gasteiger charge is 2.46. The molecule has 1 aromatic rings. The molecular formula is C13H16N5OS. The molecule has 1 aliphatic carbocycles. The Balaban J connectivity index is 1.64. The van der Waals surface area contributed by atoms with Crippen molar-refractivity contribution in [1.82, 2.24) is 15.0 Å². The molecule has 2 fully saturated rings. The van der Waals surface area contributed by atoms with Gasteiger partial charge in [-0.25, -0.2) is 4.68 Å². The monoisotopic (exact) mass is 290 g/mol. The molecule has 2 N–H and O–H groups in total.